The predicted octanol–water partition coefficient (Wildman–Crippen LogP) is 4.16. The van der Waals surface area contributed by atoms with Gasteiger partial charge in [-0.25, -0.2) is 4.98 Å². The summed E-state index contributed by atoms with van der Waals surface area (Å²) in [5, 5.41) is 0. The Morgan fingerprint density at radius 1 is 1.35 bits per heavy atom. The van der Waals surface area contributed by atoms with E-state index in [-0.39, 0.29) is 11.9 Å². The fraction of sp³-hybridized carbons (Fsp3) is 0.579. The monoisotopic (exact) mass is 313 g/mol. The minimum absolute atomic E-state index is 0.141. The molecular formula is C19H27N3O. The molecule has 0 saturated carbocycles. The molecule has 23 heavy (non-hydrogen) atoms. The number of rotatable bonds is 5. The van der Waals surface area contributed by atoms with Gasteiger partial charge in [-0.05, 0) is 37.3 Å². The van der Waals surface area contributed by atoms with Gasteiger partial charge in [-0.15, -0.1) is 0 Å². The van der Waals surface area contributed by atoms with E-state index < -0.39 is 0 Å². The normalized spacial score (nSPS) is 18.3. The molecule has 0 radical (unpaired) electrons. The minimum atomic E-state index is 0.141. The van der Waals surface area contributed by atoms with Crippen LogP contribution in [0.4, 0.5) is 0 Å². The molecule has 0 spiro atoms. The van der Waals surface area contributed by atoms with Crippen molar-refractivity contribution in [1.82, 2.24) is 14.5 Å². The molecule has 2 heterocycles. The average Bonchev–Trinajstić information content (AvgIpc) is 3.16. The Labute approximate surface area is 138 Å². The molecule has 1 aliphatic heterocycles. The molecule has 1 aliphatic rings. The number of aromatic nitrogens is 2. The van der Waals surface area contributed by atoms with Gasteiger partial charge in [0.05, 0.1) is 17.1 Å². The Morgan fingerprint density at radius 2 is 2.13 bits per heavy atom. The maximum Gasteiger partial charge on any atom is 0.222 e. The van der Waals surface area contributed by atoms with E-state index in [0.29, 0.717) is 12.3 Å². The number of para-hydroxylation sites is 2. The van der Waals surface area contributed by atoms with Crippen LogP contribution in [0.5, 0.6) is 0 Å². The van der Waals surface area contributed by atoms with Crippen LogP contribution in [0.25, 0.3) is 11.0 Å². The highest BCUT2D eigenvalue weighted by Gasteiger charge is 2.32. The number of hydrogen-bond donors (Lipinski definition) is 0. The highest BCUT2D eigenvalue weighted by molar-refractivity contribution is 5.78. The minimum Gasteiger partial charge on any atom is -0.333 e. The van der Waals surface area contributed by atoms with Crippen molar-refractivity contribution in [2.24, 2.45) is 5.92 Å². The fourth-order valence-corrected chi connectivity index (χ4v) is 3.51. The molecule has 0 aliphatic carbocycles. The van der Waals surface area contributed by atoms with Gasteiger partial charge in [-0.1, -0.05) is 32.9 Å². The number of imidazole rings is 1. The summed E-state index contributed by atoms with van der Waals surface area (Å²) in [5.74, 6) is 1.97. The Hall–Kier alpha value is -1.84. The van der Waals surface area contributed by atoms with Crippen molar-refractivity contribution in [3.8, 4) is 0 Å². The first kappa shape index (κ1) is 16.0. The molecule has 0 unspecified atom stereocenters. The first-order chi connectivity index (χ1) is 11.1. The molecule has 4 heteroatoms. The number of hydrogen-bond acceptors (Lipinski definition) is 2. The Balaban J connectivity index is 2.01. The zero-order valence-electron chi connectivity index (χ0n) is 14.5. The summed E-state index contributed by atoms with van der Waals surface area (Å²) in [6.45, 7) is 8.28. The predicted molar refractivity (Wildman–Crippen MR) is 93.2 cm³/mol. The van der Waals surface area contributed by atoms with Gasteiger partial charge in [0.1, 0.15) is 5.82 Å². The molecule has 1 amide bonds. The molecule has 1 fully saturated rings. The summed E-state index contributed by atoms with van der Waals surface area (Å²) in [6.07, 6.45) is 3.80. The molecule has 3 rings (SSSR count). The van der Waals surface area contributed by atoms with Gasteiger partial charge >= 0.3 is 0 Å². The van der Waals surface area contributed by atoms with Crippen molar-refractivity contribution >= 4 is 16.9 Å². The third-order valence-electron chi connectivity index (χ3n) is 4.79. The third kappa shape index (κ3) is 3.12. The highest BCUT2D eigenvalue weighted by Crippen LogP contribution is 2.34. The molecule has 1 atom stereocenters. The number of nitrogens with zero attached hydrogens (tertiary/aromatic N) is 3. The molecule has 4 nitrogen and oxygen atoms in total. The number of carbonyl (C=O) groups is 1. The largest absolute Gasteiger partial charge is 0.333 e. The molecule has 0 N–H and O–H groups in total. The summed E-state index contributed by atoms with van der Waals surface area (Å²) in [4.78, 5) is 19.2. The second-order valence-corrected chi connectivity index (χ2v) is 6.89. The maximum absolute atomic E-state index is 12.3. The van der Waals surface area contributed by atoms with Crippen molar-refractivity contribution in [1.29, 1.82) is 0 Å². The lowest BCUT2D eigenvalue weighted by atomic mass is 10.1. The first-order valence-corrected chi connectivity index (χ1v) is 8.86. The molecule has 1 aromatic carbocycles. The SMILES string of the molecule is CCC(=O)N1CCC[C@H]1c1nc2ccccc2n1CCC(C)C. The third-order valence-corrected chi connectivity index (χ3v) is 4.79. The van der Waals surface area contributed by atoms with Crippen molar-refractivity contribution in [3.05, 3.63) is 30.1 Å². The van der Waals surface area contributed by atoms with Crippen molar-refractivity contribution in [3.63, 3.8) is 0 Å². The van der Waals surface area contributed by atoms with Crippen LogP contribution in [0.1, 0.15) is 58.3 Å². The van der Waals surface area contributed by atoms with Gasteiger partial charge in [0.25, 0.3) is 0 Å². The van der Waals surface area contributed by atoms with Gasteiger partial charge in [0.15, 0.2) is 0 Å². The molecule has 1 saturated heterocycles. The van der Waals surface area contributed by atoms with E-state index in [2.05, 4.69) is 36.6 Å². The number of likely N-dealkylation sites (tertiary alicyclic amines) is 1. The Kier molecular flexibility index (Phi) is 4.69. The van der Waals surface area contributed by atoms with Gasteiger partial charge in [-0.2, -0.15) is 0 Å². The molecule has 2 aromatic rings. The van der Waals surface area contributed by atoms with Crippen molar-refractivity contribution in [2.45, 2.75) is 59.0 Å². The standard InChI is InChI=1S/C19H27N3O/c1-4-18(23)21-12-7-10-17(21)19-20-15-8-5-6-9-16(15)22(19)13-11-14(2)3/h5-6,8-9,14,17H,4,7,10-13H2,1-3H3/t17-/m0/s1. The van der Waals surface area contributed by atoms with Gasteiger partial charge in [0, 0.05) is 19.5 Å². The highest BCUT2D eigenvalue weighted by atomic mass is 16.2. The summed E-state index contributed by atoms with van der Waals surface area (Å²) in [7, 11) is 0. The maximum atomic E-state index is 12.3. The van der Waals surface area contributed by atoms with E-state index >= 15 is 0 Å². The van der Waals surface area contributed by atoms with Gasteiger partial charge in [0.2, 0.25) is 5.91 Å². The quantitative estimate of drug-likeness (QED) is 0.831. The number of aryl methyl sites for hydroxylation is 1. The smallest absolute Gasteiger partial charge is 0.222 e. The second-order valence-electron chi connectivity index (χ2n) is 6.89. The lowest BCUT2D eigenvalue weighted by molar-refractivity contribution is -0.131. The van der Waals surface area contributed by atoms with Crippen LogP contribution in [0, 0.1) is 5.92 Å². The molecular weight excluding hydrogens is 286 g/mol. The van der Waals surface area contributed by atoms with E-state index in [1.54, 1.807) is 0 Å². The van der Waals surface area contributed by atoms with Crippen LogP contribution in [-0.2, 0) is 11.3 Å². The van der Waals surface area contributed by atoms with E-state index in [1.807, 2.05) is 17.9 Å². The fourth-order valence-electron chi connectivity index (χ4n) is 3.51. The first-order valence-electron chi connectivity index (χ1n) is 8.86. The molecule has 1 aromatic heterocycles. The summed E-state index contributed by atoms with van der Waals surface area (Å²) in [5.41, 5.74) is 2.24. The second kappa shape index (κ2) is 6.73. The van der Waals surface area contributed by atoms with E-state index in [9.17, 15) is 4.79 Å². The summed E-state index contributed by atoms with van der Waals surface area (Å²) < 4.78 is 2.35. The van der Waals surface area contributed by atoms with Crippen LogP contribution in [0.15, 0.2) is 24.3 Å². The topological polar surface area (TPSA) is 38.1 Å². The van der Waals surface area contributed by atoms with Crippen molar-refractivity contribution < 1.29 is 4.79 Å². The van der Waals surface area contributed by atoms with E-state index in [4.69, 9.17) is 4.98 Å². The average molecular weight is 313 g/mol. The molecule has 0 bridgehead atoms. The lowest BCUT2D eigenvalue weighted by Crippen LogP contribution is -2.31. The Bertz CT molecular complexity index is 689. The van der Waals surface area contributed by atoms with E-state index in [1.165, 1.54) is 5.52 Å². The van der Waals surface area contributed by atoms with Crippen LogP contribution in [0.2, 0.25) is 0 Å². The van der Waals surface area contributed by atoms with Crippen LogP contribution >= 0.6 is 0 Å². The molecule has 124 valence electrons. The zero-order valence-corrected chi connectivity index (χ0v) is 14.5. The number of amides is 1. The van der Waals surface area contributed by atoms with E-state index in [0.717, 1.165) is 43.7 Å². The number of benzene rings is 1. The number of fused-ring (bicyclic) bond motifs is 1. The lowest BCUT2D eigenvalue weighted by Gasteiger charge is -2.25. The van der Waals surface area contributed by atoms with Gasteiger partial charge in [-0.3, -0.25) is 4.79 Å². The summed E-state index contributed by atoms with van der Waals surface area (Å²) in [6, 6.07) is 8.47. The van der Waals surface area contributed by atoms with Crippen LogP contribution in [0.3, 0.4) is 0 Å². The Morgan fingerprint density at radius 3 is 2.87 bits per heavy atom. The zero-order chi connectivity index (χ0) is 16.4. The van der Waals surface area contributed by atoms with Crippen LogP contribution in [-0.4, -0.2) is 26.9 Å². The van der Waals surface area contributed by atoms with Crippen molar-refractivity contribution in [2.75, 3.05) is 6.54 Å². The van der Waals surface area contributed by atoms with Crippen LogP contribution < -0.4 is 0 Å². The summed E-state index contributed by atoms with van der Waals surface area (Å²) >= 11 is 0. The number of carbonyl (C=O) groups excluding carboxylic acids is 1. The van der Waals surface area contributed by atoms with Gasteiger partial charge < -0.3 is 9.47 Å².